The van der Waals surface area contributed by atoms with E-state index in [2.05, 4.69) is 32.1 Å². The van der Waals surface area contributed by atoms with E-state index in [0.29, 0.717) is 11.0 Å². The first kappa shape index (κ1) is 16.9. The quantitative estimate of drug-likeness (QED) is 0.565. The van der Waals surface area contributed by atoms with Gasteiger partial charge in [0.2, 0.25) is 5.28 Å². The lowest BCUT2D eigenvalue weighted by Gasteiger charge is -2.04. The molecule has 7 heteroatoms. The minimum absolute atomic E-state index is 0.224. The molecule has 0 saturated heterocycles. The number of halogens is 2. The number of allylic oxidation sites excluding steroid dienone is 4. The zero-order valence-electron chi connectivity index (χ0n) is 13.7. The van der Waals surface area contributed by atoms with Crippen molar-refractivity contribution in [2.45, 2.75) is 33.6 Å². The molecule has 2 aromatic heterocycles. The third-order valence-electron chi connectivity index (χ3n) is 4.03. The second-order valence-corrected chi connectivity index (χ2v) is 6.46. The largest absolute Gasteiger partial charge is 0.383 e. The highest BCUT2D eigenvalue weighted by Gasteiger charge is 2.18. The maximum Gasteiger partial charge on any atom is 0.224 e. The van der Waals surface area contributed by atoms with Gasteiger partial charge in [-0.15, -0.1) is 0 Å². The van der Waals surface area contributed by atoms with Crippen molar-refractivity contribution < 1.29 is 0 Å². The molecule has 4 rings (SSSR count). The highest BCUT2D eigenvalue weighted by molar-refractivity contribution is 6.33. The fourth-order valence-corrected chi connectivity index (χ4v) is 3.49. The first-order valence-corrected chi connectivity index (χ1v) is 8.31. The van der Waals surface area contributed by atoms with Gasteiger partial charge in [-0.2, -0.15) is 0 Å². The number of aromatic nitrogens is 4. The van der Waals surface area contributed by atoms with Crippen LogP contribution >= 0.6 is 23.2 Å². The molecule has 2 heterocycles. The third-order valence-corrected chi connectivity index (χ3v) is 4.47. The van der Waals surface area contributed by atoms with Crippen LogP contribution in [-0.2, 0) is 12.8 Å². The Balaban J connectivity index is 0.000000141. The molecule has 0 atom stereocenters. The number of nitrogen functional groups attached to an aromatic ring is 1. The summed E-state index contributed by atoms with van der Waals surface area (Å²) in [6.07, 6.45) is 5.91. The topological polar surface area (TPSA) is 77.6 Å². The predicted molar refractivity (Wildman–Crippen MR) is 97.9 cm³/mol. The molecule has 0 aliphatic heterocycles. The van der Waals surface area contributed by atoms with Gasteiger partial charge in [-0.3, -0.25) is 0 Å². The molecule has 0 radical (unpaired) electrons. The third kappa shape index (κ3) is 3.14. The van der Waals surface area contributed by atoms with Crippen LogP contribution in [0, 0.1) is 6.92 Å². The Morgan fingerprint density at radius 3 is 2.08 bits per heavy atom. The van der Waals surface area contributed by atoms with E-state index in [1.807, 2.05) is 20.8 Å². The fourth-order valence-electron chi connectivity index (χ4n) is 2.92. The number of rotatable bonds is 0. The predicted octanol–water partition coefficient (Wildman–Crippen LogP) is 4.07. The van der Waals surface area contributed by atoms with Crippen LogP contribution in [-0.4, -0.2) is 19.9 Å². The second kappa shape index (κ2) is 6.49. The van der Waals surface area contributed by atoms with Crippen LogP contribution in [0.5, 0.6) is 0 Å². The molecular weight excluding hydrogens is 345 g/mol. The van der Waals surface area contributed by atoms with E-state index in [9.17, 15) is 0 Å². The van der Waals surface area contributed by atoms with Crippen LogP contribution in [0.25, 0.3) is 11.1 Å². The van der Waals surface area contributed by atoms with Gasteiger partial charge < -0.3 is 5.73 Å². The molecule has 24 heavy (non-hydrogen) atoms. The van der Waals surface area contributed by atoms with E-state index in [0.717, 1.165) is 46.8 Å². The van der Waals surface area contributed by atoms with Gasteiger partial charge in [0, 0.05) is 24.0 Å². The number of hydrogen-bond donors (Lipinski definition) is 1. The van der Waals surface area contributed by atoms with Crippen LogP contribution in [0.4, 0.5) is 5.82 Å². The van der Waals surface area contributed by atoms with Crippen molar-refractivity contribution in [2.24, 2.45) is 0 Å². The summed E-state index contributed by atoms with van der Waals surface area (Å²) in [4.78, 5) is 16.4. The highest BCUT2D eigenvalue weighted by atomic mass is 35.5. The number of nitrogens with two attached hydrogens (primary N) is 1. The molecule has 0 aromatic carbocycles. The molecule has 2 aliphatic carbocycles. The maximum absolute atomic E-state index is 5.89. The summed E-state index contributed by atoms with van der Waals surface area (Å²) < 4.78 is 0. The Morgan fingerprint density at radius 2 is 1.42 bits per heavy atom. The van der Waals surface area contributed by atoms with Crippen LogP contribution in [0.15, 0.2) is 12.2 Å². The summed E-state index contributed by atoms with van der Waals surface area (Å²) in [5.41, 5.74) is 12.1. The first-order chi connectivity index (χ1) is 11.4. The molecular formula is C17H17Cl2N5. The monoisotopic (exact) mass is 361 g/mol. The average Bonchev–Trinajstić information content (AvgIpc) is 3.03. The SMILES string of the molecule is CC1=CCc2nc(C)nc(N)c21.CC1=CCc2nc(Cl)nc(Cl)c21. The van der Waals surface area contributed by atoms with Crippen molar-refractivity contribution >= 4 is 40.2 Å². The van der Waals surface area contributed by atoms with Gasteiger partial charge in [0.25, 0.3) is 0 Å². The van der Waals surface area contributed by atoms with Crippen LogP contribution in [0.3, 0.4) is 0 Å². The van der Waals surface area contributed by atoms with Gasteiger partial charge in [-0.25, -0.2) is 19.9 Å². The molecule has 2 aliphatic rings. The number of anilines is 1. The van der Waals surface area contributed by atoms with Gasteiger partial charge in [-0.05, 0) is 43.5 Å². The highest BCUT2D eigenvalue weighted by Crippen LogP contribution is 2.31. The Kier molecular flexibility index (Phi) is 4.56. The molecule has 0 amide bonds. The molecule has 0 spiro atoms. The van der Waals surface area contributed by atoms with Crippen molar-refractivity contribution in [3.8, 4) is 0 Å². The lowest BCUT2D eigenvalue weighted by atomic mass is 10.1. The number of nitrogens with zero attached hydrogens (tertiary/aromatic N) is 4. The number of aryl methyl sites for hydroxylation is 1. The normalized spacial score (nSPS) is 14.4. The van der Waals surface area contributed by atoms with Gasteiger partial charge in [0.15, 0.2) is 0 Å². The van der Waals surface area contributed by atoms with Crippen molar-refractivity contribution in [3.05, 3.63) is 50.9 Å². The minimum atomic E-state index is 0.224. The Bertz CT molecular complexity index is 814. The van der Waals surface area contributed by atoms with E-state index in [-0.39, 0.29) is 5.28 Å². The molecule has 124 valence electrons. The number of hydrogen-bond acceptors (Lipinski definition) is 5. The fraction of sp³-hybridized carbons (Fsp3) is 0.294. The first-order valence-electron chi connectivity index (χ1n) is 7.56. The van der Waals surface area contributed by atoms with E-state index < -0.39 is 0 Å². The second-order valence-electron chi connectivity index (χ2n) is 5.77. The summed E-state index contributed by atoms with van der Waals surface area (Å²) in [6.45, 7) is 5.90. The zero-order valence-corrected chi connectivity index (χ0v) is 15.2. The van der Waals surface area contributed by atoms with Crippen LogP contribution in [0.1, 0.15) is 42.2 Å². The summed E-state index contributed by atoms with van der Waals surface area (Å²) in [5.74, 6) is 1.37. The molecule has 2 aromatic rings. The summed E-state index contributed by atoms with van der Waals surface area (Å²) in [6, 6.07) is 0. The summed E-state index contributed by atoms with van der Waals surface area (Å²) in [7, 11) is 0. The van der Waals surface area contributed by atoms with E-state index in [1.165, 1.54) is 5.57 Å². The van der Waals surface area contributed by atoms with Gasteiger partial charge in [0.1, 0.15) is 16.8 Å². The van der Waals surface area contributed by atoms with Gasteiger partial charge in [-0.1, -0.05) is 23.8 Å². The molecule has 0 bridgehead atoms. The van der Waals surface area contributed by atoms with Crippen molar-refractivity contribution in [1.82, 2.24) is 19.9 Å². The maximum atomic E-state index is 5.89. The Morgan fingerprint density at radius 1 is 0.833 bits per heavy atom. The molecule has 0 unspecified atom stereocenters. The molecule has 2 N–H and O–H groups in total. The Labute approximate surface area is 150 Å². The molecule has 0 fully saturated rings. The molecule has 0 saturated carbocycles. The summed E-state index contributed by atoms with van der Waals surface area (Å²) >= 11 is 11.5. The number of fused-ring (bicyclic) bond motifs is 2. The zero-order chi connectivity index (χ0) is 17.4. The van der Waals surface area contributed by atoms with Crippen molar-refractivity contribution in [2.75, 3.05) is 5.73 Å². The van der Waals surface area contributed by atoms with Gasteiger partial charge in [0.05, 0.1) is 11.4 Å². The minimum Gasteiger partial charge on any atom is -0.383 e. The standard InChI is InChI=1S/C9H11N3.C8H6Cl2N2/c1-5-3-4-7-8(5)9(10)12-6(2)11-7;1-4-2-3-5-6(4)7(9)12-8(10)11-5/h3H,4H2,1-2H3,(H2,10,11,12);2H,3H2,1H3. The van der Waals surface area contributed by atoms with Crippen molar-refractivity contribution in [1.29, 1.82) is 0 Å². The van der Waals surface area contributed by atoms with Crippen molar-refractivity contribution in [3.63, 3.8) is 0 Å². The lowest BCUT2D eigenvalue weighted by Crippen LogP contribution is -2.02. The average molecular weight is 362 g/mol. The summed E-state index contributed by atoms with van der Waals surface area (Å²) in [5, 5.41) is 0.679. The smallest absolute Gasteiger partial charge is 0.224 e. The van der Waals surface area contributed by atoms with E-state index in [1.54, 1.807) is 0 Å². The van der Waals surface area contributed by atoms with E-state index in [4.69, 9.17) is 28.9 Å². The molecule has 5 nitrogen and oxygen atoms in total. The van der Waals surface area contributed by atoms with E-state index >= 15 is 0 Å². The Hall–Kier alpha value is -1.98. The van der Waals surface area contributed by atoms with Gasteiger partial charge >= 0.3 is 0 Å². The van der Waals surface area contributed by atoms with Crippen LogP contribution < -0.4 is 5.73 Å². The lowest BCUT2D eigenvalue weighted by molar-refractivity contribution is 0.993. The van der Waals surface area contributed by atoms with Crippen LogP contribution in [0.2, 0.25) is 10.4 Å².